The number of rotatable bonds is 24. The first-order valence-corrected chi connectivity index (χ1v) is 14.4. The van der Waals surface area contributed by atoms with E-state index >= 15 is 0 Å². The summed E-state index contributed by atoms with van der Waals surface area (Å²) in [6, 6.07) is 0. The third-order valence-electron chi connectivity index (χ3n) is 7.04. The minimum atomic E-state index is 0.957. The SMILES string of the molecule is CCCC=CCCCCCCCCCC(C)CCCCCCCC(CC)CCCC. The first-order valence-electron chi connectivity index (χ1n) is 14.4. The van der Waals surface area contributed by atoms with Gasteiger partial charge in [-0.3, -0.25) is 0 Å². The number of hydrogen-bond donors (Lipinski definition) is 0. The molecule has 30 heavy (non-hydrogen) atoms. The standard InChI is InChI=1S/C30H60/c1-5-8-10-11-12-13-14-15-16-17-19-22-25-29(4)26-23-20-18-21-24-28-30(7-3)27-9-6-2/h10-11,29-30H,5-9,12-28H2,1-4H3. The monoisotopic (exact) mass is 420 g/mol. The Morgan fingerprint density at radius 2 is 0.933 bits per heavy atom. The van der Waals surface area contributed by atoms with Crippen molar-refractivity contribution in [3.63, 3.8) is 0 Å². The Labute approximate surface area is 193 Å². The van der Waals surface area contributed by atoms with Gasteiger partial charge in [0.25, 0.3) is 0 Å². The van der Waals surface area contributed by atoms with Gasteiger partial charge in [0.2, 0.25) is 0 Å². The van der Waals surface area contributed by atoms with Gasteiger partial charge in [-0.15, -0.1) is 0 Å². The van der Waals surface area contributed by atoms with E-state index in [0.29, 0.717) is 0 Å². The van der Waals surface area contributed by atoms with Crippen molar-refractivity contribution in [1.82, 2.24) is 0 Å². The second kappa shape index (κ2) is 25.0. The molecule has 0 heteroatoms. The highest BCUT2D eigenvalue weighted by Gasteiger charge is 2.06. The van der Waals surface area contributed by atoms with Gasteiger partial charge >= 0.3 is 0 Å². The van der Waals surface area contributed by atoms with Crippen LogP contribution in [0.15, 0.2) is 12.2 Å². The van der Waals surface area contributed by atoms with Gasteiger partial charge in [-0.05, 0) is 31.1 Å². The highest BCUT2D eigenvalue weighted by molar-refractivity contribution is 4.80. The van der Waals surface area contributed by atoms with Crippen LogP contribution in [0.1, 0.15) is 169 Å². The quantitative estimate of drug-likeness (QED) is 0.107. The predicted molar refractivity (Wildman–Crippen MR) is 140 cm³/mol. The largest absolute Gasteiger partial charge is 0.0885 e. The Morgan fingerprint density at radius 3 is 1.47 bits per heavy atom. The fourth-order valence-electron chi connectivity index (χ4n) is 4.69. The molecule has 0 nitrogen and oxygen atoms in total. The normalized spacial score (nSPS) is 13.9. The van der Waals surface area contributed by atoms with Crippen molar-refractivity contribution >= 4 is 0 Å². The summed E-state index contributed by atoms with van der Waals surface area (Å²) in [5.74, 6) is 1.97. The van der Waals surface area contributed by atoms with E-state index in [0.717, 1.165) is 11.8 Å². The Hall–Kier alpha value is -0.260. The first-order chi connectivity index (χ1) is 14.7. The molecule has 0 aliphatic rings. The smallest absolute Gasteiger partial charge is 0.0351 e. The third-order valence-corrected chi connectivity index (χ3v) is 7.04. The Kier molecular flexibility index (Phi) is 24.8. The molecule has 0 spiro atoms. The fourth-order valence-corrected chi connectivity index (χ4v) is 4.69. The Balaban J connectivity index is 3.29. The number of hydrogen-bond acceptors (Lipinski definition) is 0. The predicted octanol–water partition coefficient (Wildman–Crippen LogP) is 11.4. The van der Waals surface area contributed by atoms with Crippen LogP contribution >= 0.6 is 0 Å². The molecule has 0 N–H and O–H groups in total. The summed E-state index contributed by atoms with van der Waals surface area (Å²) in [6.07, 6.45) is 36.2. The summed E-state index contributed by atoms with van der Waals surface area (Å²) >= 11 is 0. The molecule has 180 valence electrons. The molecule has 2 atom stereocenters. The lowest BCUT2D eigenvalue weighted by Gasteiger charge is -2.14. The highest BCUT2D eigenvalue weighted by atomic mass is 14.1. The van der Waals surface area contributed by atoms with Gasteiger partial charge in [0, 0.05) is 0 Å². The molecule has 0 fully saturated rings. The zero-order chi connectivity index (χ0) is 22.1. The fraction of sp³-hybridized carbons (Fsp3) is 0.933. The highest BCUT2D eigenvalue weighted by Crippen LogP contribution is 2.22. The van der Waals surface area contributed by atoms with Crippen molar-refractivity contribution in [1.29, 1.82) is 0 Å². The van der Waals surface area contributed by atoms with Crippen LogP contribution in [0.4, 0.5) is 0 Å². The zero-order valence-corrected chi connectivity index (χ0v) is 21.9. The molecule has 0 radical (unpaired) electrons. The van der Waals surface area contributed by atoms with E-state index in [9.17, 15) is 0 Å². The van der Waals surface area contributed by atoms with Gasteiger partial charge in [0.05, 0.1) is 0 Å². The molecule has 0 heterocycles. The topological polar surface area (TPSA) is 0 Å². The van der Waals surface area contributed by atoms with Crippen LogP contribution in [-0.4, -0.2) is 0 Å². The van der Waals surface area contributed by atoms with Crippen molar-refractivity contribution in [3.8, 4) is 0 Å². The molecular formula is C30H60. The summed E-state index contributed by atoms with van der Waals surface area (Å²) < 4.78 is 0. The maximum Gasteiger partial charge on any atom is -0.0351 e. The van der Waals surface area contributed by atoms with Crippen LogP contribution in [0.5, 0.6) is 0 Å². The molecule has 0 aliphatic heterocycles. The van der Waals surface area contributed by atoms with Crippen molar-refractivity contribution < 1.29 is 0 Å². The molecule has 0 amide bonds. The molecule has 0 aromatic rings. The third kappa shape index (κ3) is 22.4. The average molecular weight is 421 g/mol. The van der Waals surface area contributed by atoms with Crippen molar-refractivity contribution in [2.75, 3.05) is 0 Å². The van der Waals surface area contributed by atoms with E-state index in [1.807, 2.05) is 0 Å². The van der Waals surface area contributed by atoms with Gasteiger partial charge in [-0.2, -0.15) is 0 Å². The lowest BCUT2D eigenvalue weighted by Crippen LogP contribution is -1.99. The van der Waals surface area contributed by atoms with Crippen LogP contribution in [0.2, 0.25) is 0 Å². The van der Waals surface area contributed by atoms with Crippen molar-refractivity contribution in [2.24, 2.45) is 11.8 Å². The van der Waals surface area contributed by atoms with Crippen LogP contribution < -0.4 is 0 Å². The molecule has 0 saturated heterocycles. The number of allylic oxidation sites excluding steroid dienone is 2. The minimum absolute atomic E-state index is 0.957. The maximum absolute atomic E-state index is 2.49. The lowest BCUT2D eigenvalue weighted by atomic mass is 9.92. The number of unbranched alkanes of at least 4 members (excludes halogenated alkanes) is 13. The van der Waals surface area contributed by atoms with Crippen LogP contribution in [-0.2, 0) is 0 Å². The molecule has 0 aromatic heterocycles. The van der Waals surface area contributed by atoms with E-state index in [2.05, 4.69) is 39.8 Å². The molecule has 0 rings (SSSR count). The molecule has 0 aromatic carbocycles. The van der Waals surface area contributed by atoms with E-state index in [-0.39, 0.29) is 0 Å². The molecule has 0 bridgehead atoms. The average Bonchev–Trinajstić information content (AvgIpc) is 2.75. The van der Waals surface area contributed by atoms with Gasteiger partial charge in [0.15, 0.2) is 0 Å². The molecule has 0 aliphatic carbocycles. The zero-order valence-electron chi connectivity index (χ0n) is 21.9. The van der Waals surface area contributed by atoms with E-state index in [1.165, 1.54) is 141 Å². The van der Waals surface area contributed by atoms with Gasteiger partial charge in [0.1, 0.15) is 0 Å². The van der Waals surface area contributed by atoms with E-state index < -0.39 is 0 Å². The summed E-state index contributed by atoms with van der Waals surface area (Å²) in [5.41, 5.74) is 0. The van der Waals surface area contributed by atoms with Gasteiger partial charge in [-0.1, -0.05) is 162 Å². The van der Waals surface area contributed by atoms with Crippen LogP contribution in [0, 0.1) is 11.8 Å². The van der Waals surface area contributed by atoms with Crippen molar-refractivity contribution in [2.45, 2.75) is 169 Å². The van der Waals surface area contributed by atoms with E-state index in [1.54, 1.807) is 0 Å². The second-order valence-corrected chi connectivity index (χ2v) is 10.2. The van der Waals surface area contributed by atoms with Crippen LogP contribution in [0.3, 0.4) is 0 Å². The minimum Gasteiger partial charge on any atom is -0.0885 e. The maximum atomic E-state index is 2.49. The van der Waals surface area contributed by atoms with Gasteiger partial charge in [-0.25, -0.2) is 0 Å². The second-order valence-electron chi connectivity index (χ2n) is 10.2. The van der Waals surface area contributed by atoms with Crippen molar-refractivity contribution in [3.05, 3.63) is 12.2 Å². The molecule has 0 saturated carbocycles. The summed E-state index contributed by atoms with van der Waals surface area (Å²) in [7, 11) is 0. The van der Waals surface area contributed by atoms with Gasteiger partial charge < -0.3 is 0 Å². The van der Waals surface area contributed by atoms with Crippen LogP contribution in [0.25, 0.3) is 0 Å². The summed E-state index contributed by atoms with van der Waals surface area (Å²) in [4.78, 5) is 0. The molecular weight excluding hydrogens is 360 g/mol. The Morgan fingerprint density at radius 1 is 0.467 bits per heavy atom. The van der Waals surface area contributed by atoms with E-state index in [4.69, 9.17) is 0 Å². The molecule has 2 unspecified atom stereocenters. The lowest BCUT2D eigenvalue weighted by molar-refractivity contribution is 0.395. The Bertz CT molecular complexity index is 329. The summed E-state index contributed by atoms with van der Waals surface area (Å²) in [5, 5.41) is 0. The summed E-state index contributed by atoms with van der Waals surface area (Å²) in [6.45, 7) is 9.45. The first kappa shape index (κ1) is 29.7.